The third-order valence-corrected chi connectivity index (χ3v) is 7.01. The Morgan fingerprint density at radius 1 is 1.47 bits per heavy atom. The molecule has 0 radical (unpaired) electrons. The minimum Gasteiger partial charge on any atom is -0.309 e. The molecule has 1 saturated heterocycles. The maximum atomic E-state index is 11.3. The van der Waals surface area contributed by atoms with E-state index in [1.54, 1.807) is 11.3 Å². The second-order valence-electron chi connectivity index (χ2n) is 4.14. The molecule has 0 unspecified atom stereocenters. The summed E-state index contributed by atoms with van der Waals surface area (Å²) in [6.45, 7) is 0.751. The van der Waals surface area contributed by atoms with Crippen LogP contribution in [0.4, 0.5) is 0 Å². The van der Waals surface area contributed by atoms with Gasteiger partial charge in [0.15, 0.2) is 0 Å². The summed E-state index contributed by atoms with van der Waals surface area (Å²) in [5.41, 5.74) is 0. The fourth-order valence-corrected chi connectivity index (χ4v) is 5.05. The van der Waals surface area contributed by atoms with Crippen LogP contribution in [0.25, 0.3) is 0 Å². The predicted octanol–water partition coefficient (Wildman–Crippen LogP) is 2.83. The quantitative estimate of drug-likeness (QED) is 0.904. The van der Waals surface area contributed by atoms with Gasteiger partial charge in [-0.3, -0.25) is 0 Å². The van der Waals surface area contributed by atoms with E-state index in [1.807, 2.05) is 6.07 Å². The molecule has 96 valence electrons. The monoisotopic (exact) mass is 357 g/mol. The van der Waals surface area contributed by atoms with E-state index in [9.17, 15) is 8.42 Å². The van der Waals surface area contributed by atoms with Gasteiger partial charge in [0, 0.05) is 21.9 Å². The Morgan fingerprint density at radius 3 is 2.65 bits per heavy atom. The van der Waals surface area contributed by atoms with Crippen LogP contribution < -0.4 is 5.32 Å². The average molecular weight is 359 g/mol. The van der Waals surface area contributed by atoms with Gasteiger partial charge in [0.2, 0.25) is 0 Å². The molecule has 1 fully saturated rings. The molecule has 1 N–H and O–H groups in total. The summed E-state index contributed by atoms with van der Waals surface area (Å²) in [6.07, 6.45) is 1.42. The van der Waals surface area contributed by atoms with Crippen molar-refractivity contribution in [2.24, 2.45) is 0 Å². The third kappa shape index (κ3) is 3.92. The van der Waals surface area contributed by atoms with Crippen LogP contribution in [-0.4, -0.2) is 26.0 Å². The Labute approximate surface area is 119 Å². The highest BCUT2D eigenvalue weighted by molar-refractivity contribution is 9.10. The normalized spacial score (nSPS) is 20.6. The topological polar surface area (TPSA) is 46.2 Å². The van der Waals surface area contributed by atoms with E-state index in [2.05, 4.69) is 21.2 Å². The second-order valence-corrected chi connectivity index (χ2v) is 9.04. The van der Waals surface area contributed by atoms with Crippen molar-refractivity contribution in [1.82, 2.24) is 5.32 Å². The average Bonchev–Trinajstić information content (AvgIpc) is 2.57. The lowest BCUT2D eigenvalue weighted by molar-refractivity contribution is 0.465. The van der Waals surface area contributed by atoms with Crippen LogP contribution in [0.5, 0.6) is 0 Å². The lowest BCUT2D eigenvalue weighted by Gasteiger charge is -2.22. The first-order valence-electron chi connectivity index (χ1n) is 5.34. The zero-order chi connectivity index (χ0) is 12.5. The predicted molar refractivity (Wildman–Crippen MR) is 75.5 cm³/mol. The van der Waals surface area contributed by atoms with E-state index in [-0.39, 0.29) is 0 Å². The van der Waals surface area contributed by atoms with E-state index < -0.39 is 9.84 Å². The largest absolute Gasteiger partial charge is 0.309 e. The molecule has 1 aromatic heterocycles. The van der Waals surface area contributed by atoms with Crippen molar-refractivity contribution in [3.05, 3.63) is 19.8 Å². The molecule has 0 atom stereocenters. The molecule has 0 aromatic carbocycles. The van der Waals surface area contributed by atoms with Crippen molar-refractivity contribution in [2.45, 2.75) is 25.4 Å². The molecule has 0 saturated carbocycles. The summed E-state index contributed by atoms with van der Waals surface area (Å²) < 4.78 is 24.2. The molecule has 0 aliphatic carbocycles. The third-order valence-electron chi connectivity index (χ3n) is 2.82. The Morgan fingerprint density at radius 2 is 2.12 bits per heavy atom. The fraction of sp³-hybridized carbons (Fsp3) is 0.600. The van der Waals surface area contributed by atoms with Crippen LogP contribution in [-0.2, 0) is 16.4 Å². The van der Waals surface area contributed by atoms with Gasteiger partial charge in [0.25, 0.3) is 0 Å². The van der Waals surface area contributed by atoms with Crippen molar-refractivity contribution in [3.63, 3.8) is 0 Å². The number of sulfone groups is 1. The maximum absolute atomic E-state index is 11.3. The van der Waals surface area contributed by atoms with Crippen molar-refractivity contribution < 1.29 is 8.42 Å². The van der Waals surface area contributed by atoms with Gasteiger partial charge in [0.05, 0.1) is 11.5 Å². The minimum atomic E-state index is -2.77. The van der Waals surface area contributed by atoms with Crippen molar-refractivity contribution in [3.8, 4) is 0 Å². The maximum Gasteiger partial charge on any atom is 0.150 e. The van der Waals surface area contributed by atoms with Crippen LogP contribution in [0.15, 0.2) is 10.5 Å². The number of rotatable bonds is 3. The summed E-state index contributed by atoms with van der Waals surface area (Å²) in [5, 5.41) is 3.38. The standard InChI is InChI=1S/C10H13BrClNO2S2/c11-9-5-8(16-10(9)12)6-13-7-1-3-17(14,15)4-2-7/h5,7,13H,1-4,6H2. The molecule has 7 heteroatoms. The molecule has 0 amide bonds. The number of halogens is 2. The lowest BCUT2D eigenvalue weighted by Crippen LogP contribution is -2.36. The molecule has 1 aliphatic rings. The zero-order valence-corrected chi connectivity index (χ0v) is 13.1. The molecule has 3 nitrogen and oxygen atoms in total. The molecule has 0 bridgehead atoms. The van der Waals surface area contributed by atoms with E-state index >= 15 is 0 Å². The first-order valence-corrected chi connectivity index (χ1v) is 9.15. The highest BCUT2D eigenvalue weighted by Crippen LogP contribution is 2.32. The lowest BCUT2D eigenvalue weighted by atomic mass is 10.1. The van der Waals surface area contributed by atoms with E-state index in [0.29, 0.717) is 30.4 Å². The first-order chi connectivity index (χ1) is 7.96. The van der Waals surface area contributed by atoms with Crippen LogP contribution in [0.2, 0.25) is 4.34 Å². The molecular weight excluding hydrogens is 346 g/mol. The Balaban J connectivity index is 1.83. The SMILES string of the molecule is O=S1(=O)CCC(NCc2cc(Br)c(Cl)s2)CC1. The van der Waals surface area contributed by atoms with Gasteiger partial charge in [-0.2, -0.15) is 0 Å². The summed E-state index contributed by atoms with van der Waals surface area (Å²) >= 11 is 10.9. The minimum absolute atomic E-state index is 0.304. The van der Waals surface area contributed by atoms with Crippen LogP contribution in [0.1, 0.15) is 17.7 Å². The first kappa shape index (κ1) is 13.8. The Bertz CT molecular complexity index is 467. The number of hydrogen-bond donors (Lipinski definition) is 1. The van der Waals surface area contributed by atoms with Gasteiger partial charge in [0.1, 0.15) is 14.2 Å². The van der Waals surface area contributed by atoms with E-state index in [4.69, 9.17) is 11.6 Å². The molecule has 1 aliphatic heterocycles. The van der Waals surface area contributed by atoms with Crippen molar-refractivity contribution >= 4 is 48.7 Å². The highest BCUT2D eigenvalue weighted by atomic mass is 79.9. The van der Waals surface area contributed by atoms with Gasteiger partial charge >= 0.3 is 0 Å². The van der Waals surface area contributed by atoms with Crippen LogP contribution in [0, 0.1) is 0 Å². The molecule has 17 heavy (non-hydrogen) atoms. The van der Waals surface area contributed by atoms with E-state index in [0.717, 1.165) is 20.2 Å². The number of nitrogens with one attached hydrogen (secondary N) is 1. The Kier molecular flexibility index (Phi) is 4.52. The van der Waals surface area contributed by atoms with Gasteiger partial charge in [-0.05, 0) is 34.8 Å². The summed E-state index contributed by atoms with van der Waals surface area (Å²) in [4.78, 5) is 1.16. The molecular formula is C10H13BrClNO2S2. The van der Waals surface area contributed by atoms with Gasteiger partial charge in [-0.15, -0.1) is 11.3 Å². The molecule has 1 aromatic rings. The van der Waals surface area contributed by atoms with Crippen molar-refractivity contribution in [1.29, 1.82) is 0 Å². The summed E-state index contributed by atoms with van der Waals surface area (Å²) in [6, 6.07) is 2.30. The van der Waals surface area contributed by atoms with Crippen molar-refractivity contribution in [2.75, 3.05) is 11.5 Å². The number of hydrogen-bond acceptors (Lipinski definition) is 4. The molecule has 2 rings (SSSR count). The smallest absolute Gasteiger partial charge is 0.150 e. The Hall–Kier alpha value is 0.380. The second kappa shape index (κ2) is 5.57. The summed E-state index contributed by atoms with van der Waals surface area (Å²) in [5.74, 6) is 0.610. The van der Waals surface area contributed by atoms with Gasteiger partial charge in [-0.25, -0.2) is 8.42 Å². The number of thiophene rings is 1. The molecule has 0 spiro atoms. The van der Waals surface area contributed by atoms with Gasteiger partial charge in [-0.1, -0.05) is 11.6 Å². The van der Waals surface area contributed by atoms with Crippen LogP contribution in [0.3, 0.4) is 0 Å². The fourth-order valence-electron chi connectivity index (χ4n) is 1.82. The zero-order valence-electron chi connectivity index (χ0n) is 9.08. The van der Waals surface area contributed by atoms with Gasteiger partial charge < -0.3 is 5.32 Å². The highest BCUT2D eigenvalue weighted by Gasteiger charge is 2.23. The van der Waals surface area contributed by atoms with E-state index in [1.165, 1.54) is 0 Å². The summed E-state index contributed by atoms with van der Waals surface area (Å²) in [7, 11) is -2.77. The molecule has 2 heterocycles. The van der Waals surface area contributed by atoms with Crippen LogP contribution >= 0.6 is 38.9 Å².